The van der Waals surface area contributed by atoms with Gasteiger partial charge in [-0.05, 0) is 35.4 Å². The van der Waals surface area contributed by atoms with E-state index in [-0.39, 0.29) is 5.88 Å². The van der Waals surface area contributed by atoms with Crippen LogP contribution in [-0.2, 0) is 6.42 Å². The number of aromatic amines is 1. The lowest BCUT2D eigenvalue weighted by Crippen LogP contribution is -2.06. The number of H-pyrrole nitrogens is 1. The number of rotatable bonds is 8. The number of para-hydroxylation sites is 1. The normalized spacial score (nSPS) is 11.0. The van der Waals surface area contributed by atoms with E-state index in [0.717, 1.165) is 49.7 Å². The first-order valence-electron chi connectivity index (χ1n) is 11.5. The fourth-order valence-corrected chi connectivity index (χ4v) is 4.47. The van der Waals surface area contributed by atoms with E-state index in [4.69, 9.17) is 9.47 Å². The molecule has 0 saturated carbocycles. The Morgan fingerprint density at radius 2 is 1.57 bits per heavy atom. The molecule has 0 unspecified atom stereocenters. The van der Waals surface area contributed by atoms with Crippen LogP contribution in [0.15, 0.2) is 97.6 Å². The molecule has 35 heavy (non-hydrogen) atoms. The lowest BCUT2D eigenvalue weighted by Gasteiger charge is -2.10. The minimum atomic E-state index is -1.35. The van der Waals surface area contributed by atoms with E-state index in [2.05, 4.69) is 23.7 Å². The Kier molecular flexibility index (Phi) is 6.22. The lowest BCUT2D eigenvalue weighted by atomic mass is 9.96. The number of carboxylic acid groups (broad SMARTS) is 1. The van der Waals surface area contributed by atoms with Crippen molar-refractivity contribution in [1.82, 2.24) is 4.98 Å². The van der Waals surface area contributed by atoms with Gasteiger partial charge in [0, 0.05) is 21.9 Å². The molecule has 0 aliphatic carbocycles. The van der Waals surface area contributed by atoms with Crippen molar-refractivity contribution in [2.75, 3.05) is 6.61 Å². The number of fused-ring (bicyclic) bond motifs is 2. The van der Waals surface area contributed by atoms with Gasteiger partial charge >= 0.3 is 6.16 Å². The average Bonchev–Trinajstić information content (AvgIpc) is 3.23. The van der Waals surface area contributed by atoms with E-state index in [0.29, 0.717) is 19.4 Å². The topological polar surface area (TPSA) is 71.6 Å². The van der Waals surface area contributed by atoms with Crippen molar-refractivity contribution in [2.45, 2.75) is 12.8 Å². The maximum atomic E-state index is 11.4. The van der Waals surface area contributed by atoms with Crippen LogP contribution in [0.1, 0.15) is 23.1 Å². The summed E-state index contributed by atoms with van der Waals surface area (Å²) in [5, 5.41) is 12.4. The van der Waals surface area contributed by atoms with E-state index >= 15 is 0 Å². The molecular formula is C30H25NO4. The van der Waals surface area contributed by atoms with Crippen LogP contribution < -0.4 is 9.47 Å². The van der Waals surface area contributed by atoms with Gasteiger partial charge in [-0.1, -0.05) is 91.5 Å². The summed E-state index contributed by atoms with van der Waals surface area (Å²) in [5.74, 6) is 1.08. The molecule has 0 fully saturated rings. The Morgan fingerprint density at radius 1 is 0.857 bits per heavy atom. The second-order valence-corrected chi connectivity index (χ2v) is 8.30. The standard InChI is InChI=1S/C30H25NO4/c1-20(21-10-3-2-4-11-21)23-15-8-16-25-26(29(31-28(23)25)35-30(32)33)17-9-19-34-27-18-7-13-22-12-5-6-14-24(22)27/h2-8,10-16,18,31H,1,9,17,19H2,(H,32,33). The molecule has 0 aliphatic rings. The van der Waals surface area contributed by atoms with Gasteiger partial charge in [-0.25, -0.2) is 4.79 Å². The summed E-state index contributed by atoms with van der Waals surface area (Å²) < 4.78 is 11.2. The maximum Gasteiger partial charge on any atom is 0.512 e. The minimum Gasteiger partial charge on any atom is -0.493 e. The van der Waals surface area contributed by atoms with Gasteiger partial charge in [-0.2, -0.15) is 0 Å². The van der Waals surface area contributed by atoms with Crippen molar-refractivity contribution in [3.63, 3.8) is 0 Å². The largest absolute Gasteiger partial charge is 0.512 e. The quantitative estimate of drug-likeness (QED) is 0.185. The van der Waals surface area contributed by atoms with Crippen LogP contribution in [0, 0.1) is 0 Å². The van der Waals surface area contributed by atoms with Crippen LogP contribution in [0.25, 0.3) is 27.2 Å². The number of aromatic nitrogens is 1. The first kappa shape index (κ1) is 22.3. The SMILES string of the molecule is C=C(c1ccccc1)c1cccc2c(CCCOc3cccc4ccccc34)c(OC(=O)O)[nH]c12. The second kappa shape index (κ2) is 9.77. The van der Waals surface area contributed by atoms with Gasteiger partial charge in [-0.3, -0.25) is 0 Å². The van der Waals surface area contributed by atoms with E-state index in [9.17, 15) is 9.90 Å². The average molecular weight is 464 g/mol. The molecule has 0 atom stereocenters. The van der Waals surface area contributed by atoms with Crippen molar-refractivity contribution in [2.24, 2.45) is 0 Å². The van der Waals surface area contributed by atoms with Gasteiger partial charge in [-0.15, -0.1) is 0 Å². The summed E-state index contributed by atoms with van der Waals surface area (Å²) in [5.41, 5.74) is 4.38. The third-order valence-corrected chi connectivity index (χ3v) is 6.12. The molecule has 1 heterocycles. The summed E-state index contributed by atoms with van der Waals surface area (Å²) in [4.78, 5) is 14.6. The number of aryl methyl sites for hydroxylation is 1. The van der Waals surface area contributed by atoms with Crippen molar-refractivity contribution in [3.8, 4) is 11.6 Å². The van der Waals surface area contributed by atoms with Crippen molar-refractivity contribution in [3.05, 3.63) is 114 Å². The Bertz CT molecular complexity index is 1510. The zero-order chi connectivity index (χ0) is 24.2. The highest BCUT2D eigenvalue weighted by atomic mass is 16.7. The van der Waals surface area contributed by atoms with Crippen LogP contribution in [0.2, 0.25) is 0 Å². The van der Waals surface area contributed by atoms with Crippen LogP contribution >= 0.6 is 0 Å². The predicted octanol–water partition coefficient (Wildman–Crippen LogP) is 7.45. The van der Waals surface area contributed by atoms with Crippen LogP contribution in [0.4, 0.5) is 4.79 Å². The molecule has 2 N–H and O–H groups in total. The summed E-state index contributed by atoms with van der Waals surface area (Å²) in [7, 11) is 0. The molecular weight excluding hydrogens is 438 g/mol. The third-order valence-electron chi connectivity index (χ3n) is 6.12. The van der Waals surface area contributed by atoms with E-state index in [1.54, 1.807) is 0 Å². The monoisotopic (exact) mass is 463 g/mol. The van der Waals surface area contributed by atoms with Gasteiger partial charge in [0.25, 0.3) is 0 Å². The smallest absolute Gasteiger partial charge is 0.493 e. The van der Waals surface area contributed by atoms with Crippen LogP contribution in [0.3, 0.4) is 0 Å². The summed E-state index contributed by atoms with van der Waals surface area (Å²) in [6.07, 6.45) is -0.0711. The van der Waals surface area contributed by atoms with Crippen molar-refractivity contribution in [1.29, 1.82) is 0 Å². The molecule has 0 saturated heterocycles. The number of benzene rings is 4. The zero-order valence-electron chi connectivity index (χ0n) is 19.2. The first-order valence-corrected chi connectivity index (χ1v) is 11.5. The molecule has 5 heteroatoms. The number of nitrogens with one attached hydrogen (secondary N) is 1. The number of carbonyl (C=O) groups is 1. The molecule has 0 radical (unpaired) electrons. The fourth-order valence-electron chi connectivity index (χ4n) is 4.47. The van der Waals surface area contributed by atoms with Crippen LogP contribution in [-0.4, -0.2) is 22.9 Å². The second-order valence-electron chi connectivity index (χ2n) is 8.30. The Labute approximate surface area is 203 Å². The van der Waals surface area contributed by atoms with E-state index in [1.165, 1.54) is 0 Å². The molecule has 0 amide bonds. The Balaban J connectivity index is 1.40. The molecule has 0 aliphatic heterocycles. The van der Waals surface area contributed by atoms with Gasteiger partial charge < -0.3 is 19.6 Å². The highest BCUT2D eigenvalue weighted by molar-refractivity contribution is 5.98. The number of hydrogen-bond donors (Lipinski definition) is 2. The molecule has 5 nitrogen and oxygen atoms in total. The lowest BCUT2D eigenvalue weighted by molar-refractivity contribution is 0.142. The summed E-state index contributed by atoms with van der Waals surface area (Å²) in [6.45, 7) is 4.77. The first-order chi connectivity index (χ1) is 17.1. The highest BCUT2D eigenvalue weighted by Gasteiger charge is 2.18. The van der Waals surface area contributed by atoms with E-state index in [1.807, 2.05) is 78.9 Å². The summed E-state index contributed by atoms with van der Waals surface area (Å²) in [6, 6.07) is 29.9. The van der Waals surface area contributed by atoms with Crippen LogP contribution in [0.5, 0.6) is 11.6 Å². The van der Waals surface area contributed by atoms with Gasteiger partial charge in [0.05, 0.1) is 12.1 Å². The highest BCUT2D eigenvalue weighted by Crippen LogP contribution is 2.35. The number of ether oxygens (including phenoxy) is 2. The van der Waals surface area contributed by atoms with Crippen molar-refractivity contribution < 1.29 is 19.4 Å². The molecule has 5 aromatic rings. The molecule has 1 aromatic heterocycles. The Morgan fingerprint density at radius 3 is 2.40 bits per heavy atom. The van der Waals surface area contributed by atoms with Gasteiger partial charge in [0.15, 0.2) is 0 Å². The molecule has 0 bridgehead atoms. The number of hydrogen-bond acceptors (Lipinski definition) is 3. The third kappa shape index (κ3) is 4.62. The predicted molar refractivity (Wildman–Crippen MR) is 139 cm³/mol. The zero-order valence-corrected chi connectivity index (χ0v) is 19.2. The minimum absolute atomic E-state index is 0.242. The van der Waals surface area contributed by atoms with Gasteiger partial charge in [0.1, 0.15) is 5.75 Å². The summed E-state index contributed by atoms with van der Waals surface area (Å²) >= 11 is 0. The van der Waals surface area contributed by atoms with E-state index < -0.39 is 6.16 Å². The molecule has 174 valence electrons. The molecule has 0 spiro atoms. The maximum absolute atomic E-state index is 11.4. The van der Waals surface area contributed by atoms with Crippen molar-refractivity contribution >= 4 is 33.4 Å². The molecule has 5 rings (SSSR count). The fraction of sp³-hybridized carbons (Fsp3) is 0.100. The van der Waals surface area contributed by atoms with Gasteiger partial charge in [0.2, 0.25) is 5.88 Å². The Hall–Kier alpha value is -4.51. The molecule has 4 aromatic carbocycles.